The minimum absolute atomic E-state index is 0.121. The number of alkyl halides is 4. The summed E-state index contributed by atoms with van der Waals surface area (Å²) in [5.41, 5.74) is -0.0559. The Labute approximate surface area is 202 Å². The van der Waals surface area contributed by atoms with Crippen LogP contribution in [-0.2, 0) is 19.7 Å². The van der Waals surface area contributed by atoms with Gasteiger partial charge in [0.15, 0.2) is 5.69 Å². The van der Waals surface area contributed by atoms with E-state index in [2.05, 4.69) is 15.2 Å². The fourth-order valence-electron chi connectivity index (χ4n) is 4.88. The van der Waals surface area contributed by atoms with Gasteiger partial charge in [0, 0.05) is 54.4 Å². The molecule has 0 aromatic carbocycles. The number of fused-ring (bicyclic) bond motifs is 1. The number of nitrogens with zero attached hydrogens (tertiary/aromatic N) is 5. The number of halogens is 4. The first kappa shape index (κ1) is 21.1. The second-order valence-electron chi connectivity index (χ2n) is 9.58. The number of aryl methyl sites for hydroxylation is 3. The summed E-state index contributed by atoms with van der Waals surface area (Å²) in [6, 6.07) is 1.70. The molecule has 6 nitrogen and oxygen atoms in total. The number of hydrogen-bond acceptors (Lipinski definition) is 4. The van der Waals surface area contributed by atoms with Crippen LogP contribution in [0.1, 0.15) is 52.5 Å². The van der Waals surface area contributed by atoms with Gasteiger partial charge in [-0.2, -0.15) is 18.3 Å². The van der Waals surface area contributed by atoms with Gasteiger partial charge in [-0.15, -0.1) is 0 Å². The lowest BCUT2D eigenvalue weighted by molar-refractivity contribution is -0.140. The van der Waals surface area contributed by atoms with Crippen LogP contribution in [0.4, 0.5) is 17.6 Å². The van der Waals surface area contributed by atoms with Crippen molar-refractivity contribution >= 4 is 11.0 Å². The second-order valence-corrected chi connectivity index (χ2v) is 9.58. The topological polar surface area (TPSA) is 61.7 Å². The Bertz CT molecular complexity index is 1450. The van der Waals surface area contributed by atoms with E-state index in [0.717, 1.165) is 4.68 Å². The number of aromatic nitrogens is 5. The zero-order valence-corrected chi connectivity index (χ0v) is 19.9. The molecule has 0 atom stereocenters. The Morgan fingerprint density at radius 1 is 1.20 bits per heavy atom. The summed E-state index contributed by atoms with van der Waals surface area (Å²) in [5.74, 6) is 0.0135. The molecule has 4 aromatic rings. The van der Waals surface area contributed by atoms with Crippen molar-refractivity contribution in [2.75, 3.05) is 0 Å². The molecule has 0 spiro atoms. The standard InChI is InChI=1S/C25H27F4N5O/c1-14-21(15(2)35-32-14)17-9-20-22(30-10-17)18(19-12-33(4)31-23(19)25(27,28)29)13-34(20)11-16-5-7-24(3,26)8-6-16/h9-10,12-13,16H,5-8,11H2,1-4H3/i11D2. The van der Waals surface area contributed by atoms with Gasteiger partial charge < -0.3 is 9.09 Å². The van der Waals surface area contributed by atoms with Gasteiger partial charge in [-0.3, -0.25) is 9.67 Å². The summed E-state index contributed by atoms with van der Waals surface area (Å²) >= 11 is 0. The Kier molecular flexibility index (Phi) is 4.95. The molecule has 0 aliphatic heterocycles. The molecule has 35 heavy (non-hydrogen) atoms. The summed E-state index contributed by atoms with van der Waals surface area (Å²) in [6.07, 6.45) is 0.506. The van der Waals surface area contributed by atoms with Gasteiger partial charge in [-0.05, 0) is 58.4 Å². The summed E-state index contributed by atoms with van der Waals surface area (Å²) in [6.45, 7) is 3.01. The molecule has 0 N–H and O–H groups in total. The minimum Gasteiger partial charge on any atom is -0.361 e. The Morgan fingerprint density at radius 3 is 2.54 bits per heavy atom. The number of hydrogen-bond donors (Lipinski definition) is 0. The van der Waals surface area contributed by atoms with Gasteiger partial charge in [-0.25, -0.2) is 4.39 Å². The highest BCUT2D eigenvalue weighted by atomic mass is 19.4. The van der Waals surface area contributed by atoms with Gasteiger partial charge in [0.2, 0.25) is 0 Å². The normalized spacial score (nSPS) is 22.5. The molecule has 0 bridgehead atoms. The van der Waals surface area contributed by atoms with Crippen molar-refractivity contribution in [2.45, 2.75) is 64.8 Å². The molecule has 10 heteroatoms. The van der Waals surface area contributed by atoms with E-state index in [1.165, 1.54) is 37.1 Å². The maximum atomic E-state index is 14.5. The third-order valence-corrected chi connectivity index (χ3v) is 6.70. The zero-order chi connectivity index (χ0) is 26.9. The van der Waals surface area contributed by atoms with E-state index in [1.54, 1.807) is 19.9 Å². The molecule has 1 fully saturated rings. The molecule has 0 radical (unpaired) electrons. The first-order valence-corrected chi connectivity index (χ1v) is 11.4. The average molecular weight is 492 g/mol. The molecular weight excluding hydrogens is 462 g/mol. The van der Waals surface area contributed by atoms with Crippen LogP contribution in [0.3, 0.4) is 0 Å². The van der Waals surface area contributed by atoms with Crippen molar-refractivity contribution in [1.82, 2.24) is 24.5 Å². The quantitative estimate of drug-likeness (QED) is 0.300. The maximum Gasteiger partial charge on any atom is 0.435 e. The van der Waals surface area contributed by atoms with Crippen LogP contribution < -0.4 is 0 Å². The van der Waals surface area contributed by atoms with Gasteiger partial charge in [0.05, 0.1) is 19.5 Å². The third kappa shape index (κ3) is 4.34. The van der Waals surface area contributed by atoms with Crippen LogP contribution >= 0.6 is 0 Å². The molecule has 5 rings (SSSR count). The molecule has 1 aliphatic rings. The van der Waals surface area contributed by atoms with Crippen molar-refractivity contribution in [3.63, 3.8) is 0 Å². The molecule has 0 saturated heterocycles. The summed E-state index contributed by atoms with van der Waals surface area (Å²) < 4.78 is 81.9. The van der Waals surface area contributed by atoms with Crippen molar-refractivity contribution < 1.29 is 24.8 Å². The molecule has 1 saturated carbocycles. The lowest BCUT2D eigenvalue weighted by Crippen LogP contribution is -2.27. The molecule has 4 aromatic heterocycles. The fourth-order valence-corrected chi connectivity index (χ4v) is 4.88. The van der Waals surface area contributed by atoms with E-state index < -0.39 is 30.0 Å². The van der Waals surface area contributed by atoms with E-state index in [1.807, 2.05) is 0 Å². The summed E-state index contributed by atoms with van der Waals surface area (Å²) in [5, 5.41) is 7.59. The van der Waals surface area contributed by atoms with Crippen LogP contribution in [0.25, 0.3) is 33.3 Å². The van der Waals surface area contributed by atoms with E-state index in [4.69, 9.17) is 7.26 Å². The molecule has 4 heterocycles. The van der Waals surface area contributed by atoms with Crippen LogP contribution in [0.15, 0.2) is 29.2 Å². The lowest BCUT2D eigenvalue weighted by atomic mass is 9.81. The highest BCUT2D eigenvalue weighted by Gasteiger charge is 2.38. The molecule has 0 unspecified atom stereocenters. The van der Waals surface area contributed by atoms with Crippen molar-refractivity contribution in [2.24, 2.45) is 13.0 Å². The summed E-state index contributed by atoms with van der Waals surface area (Å²) in [4.78, 5) is 4.51. The maximum absolute atomic E-state index is 14.5. The van der Waals surface area contributed by atoms with Crippen LogP contribution in [0.2, 0.25) is 0 Å². The average Bonchev–Trinajstić information content (AvgIpc) is 3.47. The van der Waals surface area contributed by atoms with E-state index in [-0.39, 0.29) is 29.5 Å². The van der Waals surface area contributed by atoms with Gasteiger partial charge in [0.25, 0.3) is 0 Å². The van der Waals surface area contributed by atoms with E-state index in [0.29, 0.717) is 40.9 Å². The first-order chi connectivity index (χ1) is 17.2. The number of pyridine rings is 1. The van der Waals surface area contributed by atoms with Gasteiger partial charge in [-0.1, -0.05) is 5.16 Å². The largest absolute Gasteiger partial charge is 0.435 e. The smallest absolute Gasteiger partial charge is 0.361 e. The van der Waals surface area contributed by atoms with E-state index in [9.17, 15) is 17.6 Å². The molecular formula is C25H27F4N5O. The molecule has 0 amide bonds. The molecule has 186 valence electrons. The van der Waals surface area contributed by atoms with Crippen LogP contribution in [-0.4, -0.2) is 30.2 Å². The monoisotopic (exact) mass is 491 g/mol. The van der Waals surface area contributed by atoms with E-state index >= 15 is 0 Å². The first-order valence-electron chi connectivity index (χ1n) is 12.4. The lowest BCUT2D eigenvalue weighted by Gasteiger charge is -2.31. The Hall–Kier alpha value is -3.17. The van der Waals surface area contributed by atoms with Gasteiger partial charge in [0.1, 0.15) is 11.4 Å². The number of rotatable bonds is 4. The third-order valence-electron chi connectivity index (χ3n) is 6.70. The minimum atomic E-state index is -4.71. The highest BCUT2D eigenvalue weighted by molar-refractivity contribution is 5.95. The highest BCUT2D eigenvalue weighted by Crippen LogP contribution is 2.41. The van der Waals surface area contributed by atoms with Gasteiger partial charge >= 0.3 is 6.18 Å². The van der Waals surface area contributed by atoms with Crippen LogP contribution in [0, 0.1) is 19.8 Å². The fraction of sp³-hybridized carbons (Fsp3) is 0.480. The van der Waals surface area contributed by atoms with Crippen LogP contribution in [0.5, 0.6) is 0 Å². The second kappa shape index (κ2) is 8.20. The Morgan fingerprint density at radius 2 is 1.91 bits per heavy atom. The predicted molar refractivity (Wildman–Crippen MR) is 123 cm³/mol. The van der Waals surface area contributed by atoms with Crippen molar-refractivity contribution in [1.29, 1.82) is 0 Å². The summed E-state index contributed by atoms with van der Waals surface area (Å²) in [7, 11) is 1.40. The zero-order valence-electron chi connectivity index (χ0n) is 21.9. The van der Waals surface area contributed by atoms with Crippen molar-refractivity contribution in [3.8, 4) is 22.3 Å². The predicted octanol–water partition coefficient (Wildman–Crippen LogP) is 6.65. The SMILES string of the molecule is [2H]C([2H])(C1CCC(C)(F)CC1)n1cc(-c2cn(C)nc2C(F)(F)F)c2ncc(-c3c(C)noc3C)cc21. The van der Waals surface area contributed by atoms with Crippen molar-refractivity contribution in [3.05, 3.63) is 41.8 Å². The Balaban J connectivity index is 1.74. The molecule has 1 aliphatic carbocycles.